The first-order chi connectivity index (χ1) is 12.6. The molecule has 1 N–H and O–H groups in total. The minimum Gasteiger partial charge on any atom is -0.344 e. The first kappa shape index (κ1) is 16.4. The Morgan fingerprint density at radius 1 is 1.23 bits per heavy atom. The minimum atomic E-state index is -0.512. The maximum absolute atomic E-state index is 14.1. The largest absolute Gasteiger partial charge is 0.344 e. The third-order valence-electron chi connectivity index (χ3n) is 4.52. The van der Waals surface area contributed by atoms with Gasteiger partial charge in [0.25, 0.3) is 5.91 Å². The highest BCUT2D eigenvalue weighted by Gasteiger charge is 2.27. The molecule has 1 aliphatic rings. The fourth-order valence-corrected chi connectivity index (χ4v) is 3.30. The third-order valence-corrected chi connectivity index (χ3v) is 4.52. The van der Waals surface area contributed by atoms with E-state index in [1.165, 1.54) is 18.3 Å². The molecule has 132 valence electrons. The summed E-state index contributed by atoms with van der Waals surface area (Å²) >= 11 is 0. The molecule has 0 spiro atoms. The molecule has 2 aromatic heterocycles. The summed E-state index contributed by atoms with van der Waals surface area (Å²) in [5.74, 6) is -1.31. The van der Waals surface area contributed by atoms with Gasteiger partial charge in [-0.2, -0.15) is 5.10 Å². The predicted octanol–water partition coefficient (Wildman–Crippen LogP) is 3.35. The van der Waals surface area contributed by atoms with E-state index in [1.807, 2.05) is 0 Å². The van der Waals surface area contributed by atoms with Crippen molar-refractivity contribution in [3.63, 3.8) is 0 Å². The smallest absolute Gasteiger partial charge is 0.270 e. The molecule has 1 aromatic carbocycles. The lowest BCUT2D eigenvalue weighted by Gasteiger charge is -2.24. The number of nitrogens with one attached hydrogen (secondary N) is 1. The van der Waals surface area contributed by atoms with Gasteiger partial charge in [0.05, 0.1) is 12.2 Å². The molecule has 5 nitrogen and oxygen atoms in total. The van der Waals surface area contributed by atoms with Gasteiger partial charge in [-0.05, 0) is 37.5 Å². The molecule has 0 radical (unpaired) electrons. The van der Waals surface area contributed by atoms with E-state index in [1.54, 1.807) is 29.1 Å². The number of amides is 1. The summed E-state index contributed by atoms with van der Waals surface area (Å²) in [5, 5.41) is 7.21. The summed E-state index contributed by atoms with van der Waals surface area (Å²) in [6.45, 7) is 0. The number of aromatic nitrogens is 3. The molecule has 1 atom stereocenters. The van der Waals surface area contributed by atoms with Crippen LogP contribution in [-0.4, -0.2) is 20.7 Å². The molecule has 0 saturated carbocycles. The Morgan fingerprint density at radius 3 is 2.88 bits per heavy atom. The van der Waals surface area contributed by atoms with Gasteiger partial charge in [-0.1, -0.05) is 12.1 Å². The van der Waals surface area contributed by atoms with Gasteiger partial charge in [0, 0.05) is 23.5 Å². The van der Waals surface area contributed by atoms with E-state index in [0.717, 1.165) is 36.6 Å². The van der Waals surface area contributed by atoms with E-state index in [4.69, 9.17) is 0 Å². The van der Waals surface area contributed by atoms with Crippen LogP contribution in [0.25, 0.3) is 5.69 Å². The van der Waals surface area contributed by atoms with Gasteiger partial charge in [0.2, 0.25) is 0 Å². The highest BCUT2D eigenvalue weighted by Crippen LogP contribution is 2.31. The lowest BCUT2D eigenvalue weighted by atomic mass is 9.92. The Balaban J connectivity index is 1.63. The number of pyridine rings is 1. The van der Waals surface area contributed by atoms with E-state index in [-0.39, 0.29) is 17.6 Å². The topological polar surface area (TPSA) is 59.8 Å². The van der Waals surface area contributed by atoms with Crippen molar-refractivity contribution in [3.05, 3.63) is 77.4 Å². The van der Waals surface area contributed by atoms with Crippen LogP contribution in [0.15, 0.2) is 48.8 Å². The van der Waals surface area contributed by atoms with Gasteiger partial charge < -0.3 is 5.32 Å². The van der Waals surface area contributed by atoms with Crippen molar-refractivity contribution >= 4 is 5.91 Å². The molecule has 1 amide bonds. The average molecular weight is 354 g/mol. The number of rotatable bonds is 3. The van der Waals surface area contributed by atoms with Crippen molar-refractivity contribution in [1.29, 1.82) is 0 Å². The van der Waals surface area contributed by atoms with Crippen LogP contribution in [0.1, 0.15) is 40.6 Å². The number of carbonyl (C=O) groups is 1. The summed E-state index contributed by atoms with van der Waals surface area (Å²) in [5.41, 5.74) is 2.13. The zero-order valence-electron chi connectivity index (χ0n) is 13.8. The van der Waals surface area contributed by atoms with Gasteiger partial charge >= 0.3 is 0 Å². The molecular formula is C19H16F2N4O. The zero-order valence-corrected chi connectivity index (χ0v) is 13.8. The number of carbonyl (C=O) groups excluding carboxylic acids is 1. The van der Waals surface area contributed by atoms with Gasteiger partial charge in [-0.3, -0.25) is 9.78 Å². The van der Waals surface area contributed by atoms with Crippen LogP contribution < -0.4 is 5.32 Å². The summed E-state index contributed by atoms with van der Waals surface area (Å²) in [6.07, 6.45) is 5.22. The number of nitrogens with zero attached hydrogens (tertiary/aromatic N) is 3. The third kappa shape index (κ3) is 2.96. The predicted molar refractivity (Wildman–Crippen MR) is 90.9 cm³/mol. The van der Waals surface area contributed by atoms with Crippen LogP contribution >= 0.6 is 0 Å². The summed E-state index contributed by atoms with van der Waals surface area (Å²) in [6, 6.07) is 8.46. The van der Waals surface area contributed by atoms with Crippen molar-refractivity contribution in [2.45, 2.75) is 25.3 Å². The van der Waals surface area contributed by atoms with Crippen LogP contribution in [0.5, 0.6) is 0 Å². The van der Waals surface area contributed by atoms with E-state index >= 15 is 0 Å². The molecule has 2 heterocycles. The second-order valence-corrected chi connectivity index (χ2v) is 6.19. The Kier molecular flexibility index (Phi) is 4.20. The monoisotopic (exact) mass is 354 g/mol. The quantitative estimate of drug-likeness (QED) is 0.785. The van der Waals surface area contributed by atoms with Crippen LogP contribution in [-0.2, 0) is 6.42 Å². The molecule has 0 unspecified atom stereocenters. The van der Waals surface area contributed by atoms with Gasteiger partial charge in [0.1, 0.15) is 23.0 Å². The van der Waals surface area contributed by atoms with Crippen molar-refractivity contribution in [2.24, 2.45) is 0 Å². The second-order valence-electron chi connectivity index (χ2n) is 6.19. The lowest BCUT2D eigenvalue weighted by molar-refractivity contribution is 0.0927. The van der Waals surface area contributed by atoms with Crippen LogP contribution in [0.4, 0.5) is 8.78 Å². The fourth-order valence-electron chi connectivity index (χ4n) is 3.30. The van der Waals surface area contributed by atoms with Gasteiger partial charge in [0.15, 0.2) is 0 Å². The van der Waals surface area contributed by atoms with Crippen LogP contribution in [0, 0.1) is 11.6 Å². The highest BCUT2D eigenvalue weighted by molar-refractivity contribution is 5.92. The van der Waals surface area contributed by atoms with Crippen LogP contribution in [0.3, 0.4) is 0 Å². The fraction of sp³-hybridized carbons (Fsp3) is 0.211. The number of hydrogen-bond acceptors (Lipinski definition) is 3. The van der Waals surface area contributed by atoms with E-state index in [2.05, 4.69) is 15.4 Å². The number of fused-ring (bicyclic) bond motifs is 1. The second kappa shape index (κ2) is 6.67. The number of halogens is 2. The zero-order chi connectivity index (χ0) is 18.1. The van der Waals surface area contributed by atoms with Crippen molar-refractivity contribution < 1.29 is 13.6 Å². The standard InChI is InChI=1S/C19H16F2N4O/c20-12-8-9-22-16(10-12)19(26)24-15-5-3-7-17-13(15)11-23-25(17)18-6-2-1-4-14(18)21/h1-2,4,6,8-11,15H,3,5,7H2,(H,24,26)/t15-/m1/s1. The highest BCUT2D eigenvalue weighted by atomic mass is 19.1. The molecule has 0 fully saturated rings. The molecule has 26 heavy (non-hydrogen) atoms. The Labute approximate surface area is 148 Å². The maximum Gasteiger partial charge on any atom is 0.270 e. The lowest BCUT2D eigenvalue weighted by Crippen LogP contribution is -2.31. The average Bonchev–Trinajstić information content (AvgIpc) is 3.07. The number of hydrogen-bond donors (Lipinski definition) is 1. The van der Waals surface area contributed by atoms with Crippen molar-refractivity contribution in [3.8, 4) is 5.69 Å². The van der Waals surface area contributed by atoms with E-state index < -0.39 is 11.7 Å². The number of benzene rings is 1. The normalized spacial score (nSPS) is 16.2. The number of para-hydroxylation sites is 1. The Hall–Kier alpha value is -3.09. The van der Waals surface area contributed by atoms with Crippen molar-refractivity contribution in [2.75, 3.05) is 0 Å². The minimum absolute atomic E-state index is 0.0265. The van der Waals surface area contributed by atoms with Gasteiger partial charge in [-0.15, -0.1) is 0 Å². The Morgan fingerprint density at radius 2 is 2.08 bits per heavy atom. The first-order valence-electron chi connectivity index (χ1n) is 8.37. The molecule has 0 saturated heterocycles. The summed E-state index contributed by atoms with van der Waals surface area (Å²) in [4.78, 5) is 16.3. The first-order valence-corrected chi connectivity index (χ1v) is 8.37. The molecule has 1 aliphatic carbocycles. The maximum atomic E-state index is 14.1. The summed E-state index contributed by atoms with van der Waals surface area (Å²) < 4.78 is 29.0. The molecule has 3 aromatic rings. The molecule has 0 bridgehead atoms. The Bertz CT molecular complexity index is 970. The van der Waals surface area contributed by atoms with Gasteiger partial charge in [-0.25, -0.2) is 13.5 Å². The molecule has 0 aliphatic heterocycles. The van der Waals surface area contributed by atoms with Crippen molar-refractivity contribution in [1.82, 2.24) is 20.1 Å². The van der Waals surface area contributed by atoms with Crippen LogP contribution in [0.2, 0.25) is 0 Å². The molecule has 7 heteroatoms. The van der Waals surface area contributed by atoms with E-state index in [0.29, 0.717) is 5.69 Å². The molecular weight excluding hydrogens is 338 g/mol. The van der Waals surface area contributed by atoms with E-state index in [9.17, 15) is 13.6 Å². The summed E-state index contributed by atoms with van der Waals surface area (Å²) in [7, 11) is 0. The SMILES string of the molecule is O=C(N[C@@H]1CCCc2c1cnn2-c1ccccc1F)c1cc(F)ccn1. The molecule has 4 rings (SSSR count).